The van der Waals surface area contributed by atoms with Gasteiger partial charge in [-0.2, -0.15) is 0 Å². The second kappa shape index (κ2) is 11.5. The van der Waals surface area contributed by atoms with Crippen LogP contribution < -0.4 is 14.8 Å². The Bertz CT molecular complexity index is 480. The van der Waals surface area contributed by atoms with Gasteiger partial charge in [-0.05, 0) is 32.5 Å². The molecule has 0 aliphatic carbocycles. The van der Waals surface area contributed by atoms with Crippen LogP contribution in [0.5, 0.6) is 11.5 Å². The van der Waals surface area contributed by atoms with Crippen molar-refractivity contribution >= 4 is 0 Å². The van der Waals surface area contributed by atoms with Gasteiger partial charge in [-0.15, -0.1) is 0 Å². The van der Waals surface area contributed by atoms with Gasteiger partial charge in [0, 0.05) is 31.2 Å². The van der Waals surface area contributed by atoms with Gasteiger partial charge in [0.2, 0.25) is 0 Å². The van der Waals surface area contributed by atoms with Crippen LogP contribution in [0.4, 0.5) is 0 Å². The van der Waals surface area contributed by atoms with Crippen LogP contribution in [0, 0.1) is 0 Å². The number of nitrogens with one attached hydrogen (secondary N) is 1. The molecule has 0 saturated carbocycles. The molecule has 2 aromatic heterocycles. The number of pyridine rings is 2. The Morgan fingerprint density at radius 2 is 1.68 bits per heavy atom. The van der Waals surface area contributed by atoms with Crippen LogP contribution in [0.25, 0.3) is 0 Å². The monoisotopic (exact) mass is 303 g/mol. The maximum absolute atomic E-state index is 5.59. The van der Waals surface area contributed by atoms with Crippen molar-refractivity contribution in [3.05, 3.63) is 48.5 Å². The molecule has 5 nitrogen and oxygen atoms in total. The maximum atomic E-state index is 5.59. The van der Waals surface area contributed by atoms with Gasteiger partial charge < -0.3 is 14.8 Å². The van der Waals surface area contributed by atoms with E-state index in [0.717, 1.165) is 23.7 Å². The molecule has 0 amide bonds. The van der Waals surface area contributed by atoms with Gasteiger partial charge in [0.25, 0.3) is 0 Å². The highest BCUT2D eigenvalue weighted by Gasteiger charge is 2.11. The average Bonchev–Trinajstić information content (AvgIpc) is 2.58. The molecule has 2 aromatic rings. The van der Waals surface area contributed by atoms with Crippen LogP contribution in [-0.4, -0.2) is 29.7 Å². The lowest BCUT2D eigenvalue weighted by Gasteiger charge is -2.14. The SMILES string of the molecule is CCNCc1nccc(OCC)c1OCC.c1ccncc1. The summed E-state index contributed by atoms with van der Waals surface area (Å²) >= 11 is 0. The lowest BCUT2D eigenvalue weighted by Crippen LogP contribution is -2.14. The summed E-state index contributed by atoms with van der Waals surface area (Å²) in [7, 11) is 0. The lowest BCUT2D eigenvalue weighted by atomic mass is 10.3. The predicted octanol–water partition coefficient (Wildman–Crippen LogP) is 3.07. The van der Waals surface area contributed by atoms with Crippen LogP contribution in [0.1, 0.15) is 26.5 Å². The molecule has 0 aliphatic rings. The molecule has 22 heavy (non-hydrogen) atoms. The number of ether oxygens (including phenoxy) is 2. The van der Waals surface area contributed by atoms with E-state index < -0.39 is 0 Å². The summed E-state index contributed by atoms with van der Waals surface area (Å²) in [4.78, 5) is 8.09. The van der Waals surface area contributed by atoms with Crippen molar-refractivity contribution in [2.24, 2.45) is 0 Å². The third kappa shape index (κ3) is 6.54. The first-order valence-electron chi connectivity index (χ1n) is 7.62. The van der Waals surface area contributed by atoms with Crippen LogP contribution in [-0.2, 0) is 6.54 Å². The summed E-state index contributed by atoms with van der Waals surface area (Å²) in [5.41, 5.74) is 0.898. The highest BCUT2D eigenvalue weighted by molar-refractivity contribution is 5.42. The normalized spacial score (nSPS) is 9.59. The zero-order valence-corrected chi connectivity index (χ0v) is 13.6. The van der Waals surface area contributed by atoms with E-state index in [-0.39, 0.29) is 0 Å². The average molecular weight is 303 g/mol. The Hall–Kier alpha value is -2.14. The van der Waals surface area contributed by atoms with Crippen molar-refractivity contribution in [2.45, 2.75) is 27.3 Å². The first kappa shape index (κ1) is 17.9. The number of rotatable bonds is 7. The molecule has 5 heteroatoms. The Kier molecular flexibility index (Phi) is 9.37. The highest BCUT2D eigenvalue weighted by atomic mass is 16.5. The molecule has 0 spiro atoms. The second-order valence-electron chi connectivity index (χ2n) is 4.26. The molecule has 2 heterocycles. The molecule has 120 valence electrons. The van der Waals surface area contributed by atoms with Gasteiger partial charge in [-0.3, -0.25) is 9.97 Å². The lowest BCUT2D eigenvalue weighted by molar-refractivity contribution is 0.283. The van der Waals surface area contributed by atoms with Gasteiger partial charge in [-0.25, -0.2) is 0 Å². The van der Waals surface area contributed by atoms with Gasteiger partial charge in [0.15, 0.2) is 11.5 Å². The van der Waals surface area contributed by atoms with E-state index in [4.69, 9.17) is 9.47 Å². The third-order valence-corrected chi connectivity index (χ3v) is 2.64. The minimum Gasteiger partial charge on any atom is -0.490 e. The molecular formula is C17H25N3O2. The molecular weight excluding hydrogens is 278 g/mol. The first-order valence-corrected chi connectivity index (χ1v) is 7.62. The van der Waals surface area contributed by atoms with E-state index in [2.05, 4.69) is 22.2 Å². The molecule has 0 aromatic carbocycles. The fraction of sp³-hybridized carbons (Fsp3) is 0.412. The quantitative estimate of drug-likeness (QED) is 0.852. The molecule has 0 aliphatic heterocycles. The Balaban J connectivity index is 0.000000335. The van der Waals surface area contributed by atoms with Crippen LogP contribution in [0.2, 0.25) is 0 Å². The number of aromatic nitrogens is 2. The van der Waals surface area contributed by atoms with Crippen LogP contribution >= 0.6 is 0 Å². The Labute approximate surface area is 132 Å². The fourth-order valence-electron chi connectivity index (χ4n) is 1.72. The molecule has 0 unspecified atom stereocenters. The third-order valence-electron chi connectivity index (χ3n) is 2.64. The molecule has 1 N–H and O–H groups in total. The van der Waals surface area contributed by atoms with Crippen molar-refractivity contribution < 1.29 is 9.47 Å². The summed E-state index contributed by atoms with van der Waals surface area (Å²) in [6, 6.07) is 7.55. The van der Waals surface area contributed by atoms with Gasteiger partial charge in [0.05, 0.1) is 18.9 Å². The summed E-state index contributed by atoms with van der Waals surface area (Å²) in [5.74, 6) is 1.53. The predicted molar refractivity (Wildman–Crippen MR) is 88.2 cm³/mol. The minimum atomic E-state index is 0.616. The van der Waals surface area contributed by atoms with Crippen LogP contribution in [0.3, 0.4) is 0 Å². The minimum absolute atomic E-state index is 0.616. The highest BCUT2D eigenvalue weighted by Crippen LogP contribution is 2.29. The van der Waals surface area contributed by atoms with E-state index in [0.29, 0.717) is 19.8 Å². The number of hydrogen-bond acceptors (Lipinski definition) is 5. The molecule has 0 saturated heterocycles. The molecule has 0 fully saturated rings. The molecule has 2 rings (SSSR count). The zero-order valence-electron chi connectivity index (χ0n) is 13.6. The van der Waals surface area contributed by atoms with Crippen molar-refractivity contribution in [3.8, 4) is 11.5 Å². The van der Waals surface area contributed by atoms with Gasteiger partial charge in [-0.1, -0.05) is 13.0 Å². The maximum Gasteiger partial charge on any atom is 0.184 e. The van der Waals surface area contributed by atoms with E-state index in [1.807, 2.05) is 38.1 Å². The Morgan fingerprint density at radius 3 is 2.18 bits per heavy atom. The fourth-order valence-corrected chi connectivity index (χ4v) is 1.72. The summed E-state index contributed by atoms with van der Waals surface area (Å²) in [6.45, 7) is 8.83. The second-order valence-corrected chi connectivity index (χ2v) is 4.26. The van der Waals surface area contributed by atoms with Crippen molar-refractivity contribution in [2.75, 3.05) is 19.8 Å². The standard InChI is InChI=1S/C12H20N2O2.C5H5N/c1-4-13-9-10-12(16-6-3)11(15-5-2)7-8-14-10;1-2-4-6-5-3-1/h7-8,13H,4-6,9H2,1-3H3;1-5H. The van der Waals surface area contributed by atoms with Crippen molar-refractivity contribution in [1.29, 1.82) is 0 Å². The van der Waals surface area contributed by atoms with Crippen LogP contribution in [0.15, 0.2) is 42.9 Å². The van der Waals surface area contributed by atoms with Crippen molar-refractivity contribution in [1.82, 2.24) is 15.3 Å². The van der Waals surface area contributed by atoms with E-state index >= 15 is 0 Å². The van der Waals surface area contributed by atoms with E-state index in [1.165, 1.54) is 0 Å². The smallest absolute Gasteiger partial charge is 0.184 e. The summed E-state index contributed by atoms with van der Waals surface area (Å²) in [5, 5.41) is 3.23. The van der Waals surface area contributed by atoms with Gasteiger partial charge in [0.1, 0.15) is 0 Å². The number of hydrogen-bond donors (Lipinski definition) is 1. The molecule has 0 atom stereocenters. The first-order chi connectivity index (χ1) is 10.8. The summed E-state index contributed by atoms with van der Waals surface area (Å²) in [6.07, 6.45) is 5.25. The Morgan fingerprint density at radius 1 is 0.955 bits per heavy atom. The number of nitrogens with zero attached hydrogens (tertiary/aromatic N) is 2. The largest absolute Gasteiger partial charge is 0.490 e. The topological polar surface area (TPSA) is 56.3 Å². The van der Waals surface area contributed by atoms with E-state index in [1.54, 1.807) is 18.6 Å². The molecule has 0 radical (unpaired) electrons. The van der Waals surface area contributed by atoms with E-state index in [9.17, 15) is 0 Å². The molecule has 0 bridgehead atoms. The van der Waals surface area contributed by atoms with Crippen molar-refractivity contribution in [3.63, 3.8) is 0 Å². The zero-order chi connectivity index (χ0) is 16.0. The van der Waals surface area contributed by atoms with Gasteiger partial charge >= 0.3 is 0 Å². The summed E-state index contributed by atoms with van der Waals surface area (Å²) < 4.78 is 11.1.